The lowest BCUT2D eigenvalue weighted by Crippen LogP contribution is -2.51. The molecule has 1 aromatic carbocycles. The summed E-state index contributed by atoms with van der Waals surface area (Å²) in [6.07, 6.45) is 0. The lowest BCUT2D eigenvalue weighted by Gasteiger charge is -2.34. The fraction of sp³-hybridized carbons (Fsp3) is 0.529. The van der Waals surface area contributed by atoms with Gasteiger partial charge in [0.2, 0.25) is 5.91 Å². The van der Waals surface area contributed by atoms with Crippen LogP contribution in [0.15, 0.2) is 24.3 Å². The zero-order valence-corrected chi connectivity index (χ0v) is 13.8. The number of rotatable bonds is 2. The maximum atomic E-state index is 12.8. The first-order valence-electron chi connectivity index (χ1n) is 7.55. The van der Waals surface area contributed by atoms with Crippen molar-refractivity contribution < 1.29 is 14.3 Å². The fourth-order valence-corrected chi connectivity index (χ4v) is 2.64. The first kappa shape index (κ1) is 16.3. The average Bonchev–Trinajstić information content (AvgIpc) is 2.54. The highest BCUT2D eigenvalue weighted by Gasteiger charge is 2.38. The summed E-state index contributed by atoms with van der Waals surface area (Å²) in [5.74, 6) is 0.223. The summed E-state index contributed by atoms with van der Waals surface area (Å²) < 4.78 is 5.58. The minimum atomic E-state index is -0.676. The Labute approximate surface area is 131 Å². The quantitative estimate of drug-likeness (QED) is 0.912. The van der Waals surface area contributed by atoms with Gasteiger partial charge in [-0.15, -0.1) is 0 Å². The molecule has 2 amide bonds. The monoisotopic (exact) mass is 304 g/mol. The van der Waals surface area contributed by atoms with Crippen molar-refractivity contribution in [2.45, 2.75) is 52.2 Å². The van der Waals surface area contributed by atoms with Crippen LogP contribution in [0.4, 0.5) is 0 Å². The van der Waals surface area contributed by atoms with Gasteiger partial charge in [0.1, 0.15) is 11.8 Å². The van der Waals surface area contributed by atoms with Crippen LogP contribution in [0.1, 0.15) is 46.2 Å². The Hall–Kier alpha value is -2.04. The van der Waals surface area contributed by atoms with Crippen LogP contribution in [0, 0.1) is 0 Å². The van der Waals surface area contributed by atoms with E-state index in [0.717, 1.165) is 5.56 Å². The molecule has 1 aromatic rings. The Morgan fingerprint density at radius 2 is 1.95 bits per heavy atom. The van der Waals surface area contributed by atoms with Gasteiger partial charge in [-0.2, -0.15) is 0 Å². The van der Waals surface area contributed by atoms with Gasteiger partial charge in [-0.3, -0.25) is 9.59 Å². The first-order valence-corrected chi connectivity index (χ1v) is 7.55. The summed E-state index contributed by atoms with van der Waals surface area (Å²) in [4.78, 5) is 26.9. The number of carbonyl (C=O) groups is 2. The molecule has 1 aliphatic heterocycles. The number of hydrogen-bond donors (Lipinski definition) is 1. The smallest absolute Gasteiger partial charge is 0.261 e. The summed E-state index contributed by atoms with van der Waals surface area (Å²) in [5.41, 5.74) is 0.356. The zero-order valence-electron chi connectivity index (χ0n) is 13.8. The van der Waals surface area contributed by atoms with Gasteiger partial charge in [-0.1, -0.05) is 18.2 Å². The molecule has 1 heterocycles. The molecule has 0 fully saturated rings. The molecule has 0 unspecified atom stereocenters. The van der Waals surface area contributed by atoms with Gasteiger partial charge in [0.25, 0.3) is 5.91 Å². The predicted octanol–water partition coefficient (Wildman–Crippen LogP) is 2.27. The van der Waals surface area contributed by atoms with Crippen LogP contribution in [0.3, 0.4) is 0 Å². The molecule has 5 heteroatoms. The van der Waals surface area contributed by atoms with Crippen LogP contribution in [0.25, 0.3) is 0 Å². The molecule has 0 saturated heterocycles. The third kappa shape index (κ3) is 3.40. The summed E-state index contributed by atoms with van der Waals surface area (Å²) in [7, 11) is 0. The van der Waals surface area contributed by atoms with Crippen molar-refractivity contribution in [3.05, 3.63) is 29.8 Å². The molecular formula is C17H24N2O3. The molecule has 2 rings (SSSR count). The van der Waals surface area contributed by atoms with Crippen molar-refractivity contribution in [2.75, 3.05) is 6.61 Å². The van der Waals surface area contributed by atoms with Crippen LogP contribution in [-0.2, 0) is 9.59 Å². The van der Waals surface area contributed by atoms with Crippen molar-refractivity contribution in [3.8, 4) is 5.75 Å². The van der Waals surface area contributed by atoms with Gasteiger partial charge in [-0.25, -0.2) is 0 Å². The molecule has 22 heavy (non-hydrogen) atoms. The van der Waals surface area contributed by atoms with Gasteiger partial charge in [-0.05, 0) is 40.7 Å². The van der Waals surface area contributed by atoms with Crippen LogP contribution < -0.4 is 10.1 Å². The highest BCUT2D eigenvalue weighted by Crippen LogP contribution is 2.34. The highest BCUT2D eigenvalue weighted by molar-refractivity contribution is 5.91. The van der Waals surface area contributed by atoms with Crippen molar-refractivity contribution in [2.24, 2.45) is 0 Å². The van der Waals surface area contributed by atoms with Crippen molar-refractivity contribution in [1.82, 2.24) is 10.2 Å². The number of carbonyl (C=O) groups excluding carboxylic acids is 2. The fourth-order valence-electron chi connectivity index (χ4n) is 2.64. The number of nitrogens with one attached hydrogen (secondary N) is 1. The normalized spacial score (nSPS) is 18.5. The topological polar surface area (TPSA) is 58.6 Å². The summed E-state index contributed by atoms with van der Waals surface area (Å²) in [6, 6.07) is 6.56. The van der Waals surface area contributed by atoms with Gasteiger partial charge in [0.05, 0.1) is 0 Å². The van der Waals surface area contributed by atoms with E-state index >= 15 is 0 Å². The van der Waals surface area contributed by atoms with Crippen LogP contribution in [0.5, 0.6) is 5.75 Å². The number of hydrogen-bond acceptors (Lipinski definition) is 3. The standard InChI is InChI=1S/C17H24N2O3/c1-11(2)19-14(20)10-22-13-9-7-6-8-12(13)15(19)16(21)18-17(3,4)5/h6-9,11,15H,10H2,1-5H3,(H,18,21)/t15-/m0/s1. The Morgan fingerprint density at radius 3 is 2.55 bits per heavy atom. The lowest BCUT2D eigenvalue weighted by atomic mass is 10.00. The second kappa shape index (κ2) is 5.99. The van der Waals surface area contributed by atoms with Crippen LogP contribution in [0.2, 0.25) is 0 Å². The van der Waals surface area contributed by atoms with Gasteiger partial charge < -0.3 is 15.0 Å². The molecule has 0 bridgehead atoms. The van der Waals surface area contributed by atoms with E-state index < -0.39 is 6.04 Å². The van der Waals surface area contributed by atoms with Crippen LogP contribution >= 0.6 is 0 Å². The Balaban J connectivity index is 2.50. The average molecular weight is 304 g/mol. The zero-order chi connectivity index (χ0) is 16.5. The number of benzene rings is 1. The number of amides is 2. The van der Waals surface area contributed by atoms with E-state index in [-0.39, 0.29) is 30.0 Å². The molecule has 120 valence electrons. The molecular weight excluding hydrogens is 280 g/mol. The SMILES string of the molecule is CC(C)N1C(=O)COc2ccccc2[C@H]1C(=O)NC(C)(C)C. The highest BCUT2D eigenvalue weighted by atomic mass is 16.5. The Kier molecular flexibility index (Phi) is 4.44. The lowest BCUT2D eigenvalue weighted by molar-refractivity contribution is -0.143. The minimum Gasteiger partial charge on any atom is -0.483 e. The number of nitrogens with zero attached hydrogens (tertiary/aromatic N) is 1. The third-order valence-electron chi connectivity index (χ3n) is 3.43. The molecule has 1 atom stereocenters. The molecule has 5 nitrogen and oxygen atoms in total. The van der Waals surface area contributed by atoms with Crippen LogP contribution in [-0.4, -0.2) is 34.9 Å². The summed E-state index contributed by atoms with van der Waals surface area (Å²) in [5, 5.41) is 2.97. The van der Waals surface area contributed by atoms with Crippen molar-refractivity contribution in [3.63, 3.8) is 0 Å². The van der Waals surface area contributed by atoms with Gasteiger partial charge >= 0.3 is 0 Å². The summed E-state index contributed by atoms with van der Waals surface area (Å²) in [6.45, 7) is 9.53. The van der Waals surface area contributed by atoms with Crippen molar-refractivity contribution in [1.29, 1.82) is 0 Å². The maximum Gasteiger partial charge on any atom is 0.261 e. The van der Waals surface area contributed by atoms with E-state index in [1.807, 2.05) is 52.8 Å². The third-order valence-corrected chi connectivity index (χ3v) is 3.43. The molecule has 0 aromatic heterocycles. The second-order valence-electron chi connectivity index (χ2n) is 6.86. The Bertz CT molecular complexity index is 576. The van der Waals surface area contributed by atoms with E-state index in [9.17, 15) is 9.59 Å². The molecule has 1 aliphatic rings. The molecule has 0 radical (unpaired) electrons. The minimum absolute atomic E-state index is 0.0471. The molecule has 1 N–H and O–H groups in total. The van der Waals surface area contributed by atoms with E-state index in [1.54, 1.807) is 11.0 Å². The number of ether oxygens (including phenoxy) is 1. The molecule has 0 saturated carbocycles. The predicted molar refractivity (Wildman–Crippen MR) is 84.6 cm³/mol. The van der Waals surface area contributed by atoms with E-state index in [0.29, 0.717) is 5.75 Å². The van der Waals surface area contributed by atoms with Gasteiger partial charge in [0, 0.05) is 17.1 Å². The Morgan fingerprint density at radius 1 is 1.32 bits per heavy atom. The first-order chi connectivity index (χ1) is 10.2. The molecule has 0 aliphatic carbocycles. The second-order valence-corrected chi connectivity index (χ2v) is 6.86. The van der Waals surface area contributed by atoms with Gasteiger partial charge in [0.15, 0.2) is 6.61 Å². The number of para-hydroxylation sites is 1. The van der Waals surface area contributed by atoms with E-state index in [1.165, 1.54) is 0 Å². The summed E-state index contributed by atoms with van der Waals surface area (Å²) >= 11 is 0. The van der Waals surface area contributed by atoms with Crippen molar-refractivity contribution >= 4 is 11.8 Å². The maximum absolute atomic E-state index is 12.8. The largest absolute Gasteiger partial charge is 0.483 e. The van der Waals surface area contributed by atoms with E-state index in [4.69, 9.17) is 4.74 Å². The molecule has 0 spiro atoms. The van der Waals surface area contributed by atoms with E-state index in [2.05, 4.69) is 5.32 Å². The number of fused-ring (bicyclic) bond motifs is 1.